The van der Waals surface area contributed by atoms with E-state index in [2.05, 4.69) is 12.1 Å². The molecule has 0 amide bonds. The van der Waals surface area contributed by atoms with Gasteiger partial charge in [-0.25, -0.2) is 0 Å². The van der Waals surface area contributed by atoms with Crippen LogP contribution in [0.4, 0.5) is 0 Å². The zero-order valence-electron chi connectivity index (χ0n) is 10.0. The van der Waals surface area contributed by atoms with E-state index in [-0.39, 0.29) is 5.41 Å². The van der Waals surface area contributed by atoms with Gasteiger partial charge in [0.1, 0.15) is 0 Å². The van der Waals surface area contributed by atoms with Crippen LogP contribution in [-0.2, 0) is 5.41 Å². The Balaban J connectivity index is 1.93. The Bertz CT molecular complexity index is 529. The van der Waals surface area contributed by atoms with Crippen LogP contribution >= 0.6 is 11.6 Å². The fraction of sp³-hybridized carbons (Fsp3) is 0.250. The Morgan fingerprint density at radius 3 is 2.11 bits per heavy atom. The van der Waals surface area contributed by atoms with Gasteiger partial charge < -0.3 is 5.11 Å². The average molecular weight is 259 g/mol. The third kappa shape index (κ3) is 1.94. The van der Waals surface area contributed by atoms with E-state index in [0.29, 0.717) is 5.02 Å². The predicted octanol–water partition coefficient (Wildman–Crippen LogP) is 4.11. The predicted molar refractivity (Wildman–Crippen MR) is 73.8 cm³/mol. The van der Waals surface area contributed by atoms with Crippen molar-refractivity contribution < 1.29 is 5.11 Å². The van der Waals surface area contributed by atoms with Crippen molar-refractivity contribution in [3.05, 3.63) is 70.7 Å². The van der Waals surface area contributed by atoms with E-state index >= 15 is 0 Å². The lowest BCUT2D eigenvalue weighted by atomic mass is 9.86. The van der Waals surface area contributed by atoms with Crippen LogP contribution in [0.25, 0.3) is 0 Å². The van der Waals surface area contributed by atoms with E-state index in [1.54, 1.807) is 0 Å². The van der Waals surface area contributed by atoms with Crippen molar-refractivity contribution in [2.45, 2.75) is 24.4 Å². The summed E-state index contributed by atoms with van der Waals surface area (Å²) in [4.78, 5) is 0. The summed E-state index contributed by atoms with van der Waals surface area (Å²) in [5.41, 5.74) is 2.09. The Morgan fingerprint density at radius 2 is 1.56 bits per heavy atom. The molecule has 3 rings (SSSR count). The number of rotatable bonds is 3. The Labute approximate surface area is 112 Å². The van der Waals surface area contributed by atoms with Crippen LogP contribution in [0.1, 0.15) is 30.1 Å². The summed E-state index contributed by atoms with van der Waals surface area (Å²) in [5, 5.41) is 11.3. The number of aliphatic hydroxyl groups excluding tert-OH is 1. The van der Waals surface area contributed by atoms with Crippen molar-refractivity contribution >= 4 is 11.6 Å². The van der Waals surface area contributed by atoms with E-state index in [4.69, 9.17) is 11.6 Å². The van der Waals surface area contributed by atoms with Crippen LogP contribution in [0.2, 0.25) is 5.02 Å². The largest absolute Gasteiger partial charge is 0.387 e. The Morgan fingerprint density at radius 1 is 0.944 bits per heavy atom. The van der Waals surface area contributed by atoms with Crippen molar-refractivity contribution in [1.29, 1.82) is 0 Å². The lowest BCUT2D eigenvalue weighted by Crippen LogP contribution is -2.18. The van der Waals surface area contributed by atoms with Gasteiger partial charge in [0.05, 0.1) is 6.10 Å². The maximum absolute atomic E-state index is 10.6. The van der Waals surface area contributed by atoms with Gasteiger partial charge in [-0.05, 0) is 36.1 Å². The second kappa shape index (κ2) is 4.42. The van der Waals surface area contributed by atoms with E-state index in [1.807, 2.05) is 42.5 Å². The molecule has 1 fully saturated rings. The highest BCUT2D eigenvalue weighted by atomic mass is 35.5. The number of hydrogen-bond donors (Lipinski definition) is 1. The summed E-state index contributed by atoms with van der Waals surface area (Å²) < 4.78 is 0. The molecule has 2 heteroatoms. The molecule has 0 radical (unpaired) electrons. The van der Waals surface area contributed by atoms with Gasteiger partial charge in [-0.2, -0.15) is 0 Å². The molecule has 0 heterocycles. The van der Waals surface area contributed by atoms with E-state index in [1.165, 1.54) is 5.56 Å². The third-order valence-corrected chi connectivity index (χ3v) is 4.10. The summed E-state index contributed by atoms with van der Waals surface area (Å²) in [6.45, 7) is 0. The molecule has 2 aromatic rings. The molecular formula is C16H15ClO. The van der Waals surface area contributed by atoms with Crippen LogP contribution in [0, 0.1) is 0 Å². The second-order valence-electron chi connectivity index (χ2n) is 4.98. The first kappa shape index (κ1) is 11.8. The molecule has 1 N–H and O–H groups in total. The van der Waals surface area contributed by atoms with Crippen LogP contribution in [0.5, 0.6) is 0 Å². The molecule has 1 unspecified atom stereocenters. The molecule has 18 heavy (non-hydrogen) atoms. The van der Waals surface area contributed by atoms with Crippen LogP contribution in [-0.4, -0.2) is 5.11 Å². The number of hydrogen-bond acceptors (Lipinski definition) is 1. The second-order valence-corrected chi connectivity index (χ2v) is 5.41. The average Bonchev–Trinajstić information content (AvgIpc) is 3.21. The summed E-state index contributed by atoms with van der Waals surface area (Å²) in [5.74, 6) is 0. The first-order valence-electron chi connectivity index (χ1n) is 6.21. The minimum Gasteiger partial charge on any atom is -0.387 e. The molecule has 1 nitrogen and oxygen atoms in total. The van der Waals surface area contributed by atoms with Crippen LogP contribution in [0.3, 0.4) is 0 Å². The van der Waals surface area contributed by atoms with Gasteiger partial charge in [0, 0.05) is 10.4 Å². The summed E-state index contributed by atoms with van der Waals surface area (Å²) in [6, 6.07) is 17.8. The van der Waals surface area contributed by atoms with Crippen molar-refractivity contribution in [3.63, 3.8) is 0 Å². The van der Waals surface area contributed by atoms with Gasteiger partial charge >= 0.3 is 0 Å². The number of aliphatic hydroxyl groups is 1. The SMILES string of the molecule is OC(c1ccc(Cl)cc1)C1(c2ccccc2)CC1. The zero-order chi connectivity index (χ0) is 12.6. The topological polar surface area (TPSA) is 20.2 Å². The van der Waals surface area contributed by atoms with Crippen molar-refractivity contribution in [1.82, 2.24) is 0 Å². The molecule has 2 aromatic carbocycles. The lowest BCUT2D eigenvalue weighted by molar-refractivity contribution is 0.133. The summed E-state index contributed by atoms with van der Waals surface area (Å²) in [6.07, 6.45) is 1.64. The van der Waals surface area contributed by atoms with Gasteiger partial charge in [-0.15, -0.1) is 0 Å². The molecule has 1 saturated carbocycles. The van der Waals surface area contributed by atoms with Gasteiger partial charge in [0.2, 0.25) is 0 Å². The van der Waals surface area contributed by atoms with Crippen molar-refractivity contribution in [3.8, 4) is 0 Å². The van der Waals surface area contributed by atoms with E-state index in [9.17, 15) is 5.11 Å². The van der Waals surface area contributed by atoms with Gasteiger partial charge in [0.15, 0.2) is 0 Å². The normalized spacial score (nSPS) is 18.3. The molecule has 0 aliphatic heterocycles. The molecule has 0 spiro atoms. The minimum absolute atomic E-state index is 0.0882. The molecule has 92 valence electrons. The maximum atomic E-state index is 10.6. The van der Waals surface area contributed by atoms with Crippen LogP contribution in [0.15, 0.2) is 54.6 Å². The summed E-state index contributed by atoms with van der Waals surface area (Å²) >= 11 is 5.88. The quantitative estimate of drug-likeness (QED) is 0.879. The highest BCUT2D eigenvalue weighted by Gasteiger charge is 2.50. The highest BCUT2D eigenvalue weighted by molar-refractivity contribution is 6.30. The monoisotopic (exact) mass is 258 g/mol. The molecule has 0 aromatic heterocycles. The third-order valence-electron chi connectivity index (χ3n) is 3.85. The van der Waals surface area contributed by atoms with Crippen molar-refractivity contribution in [2.24, 2.45) is 0 Å². The lowest BCUT2D eigenvalue weighted by Gasteiger charge is -2.23. The first-order valence-corrected chi connectivity index (χ1v) is 6.59. The van der Waals surface area contributed by atoms with Gasteiger partial charge in [-0.1, -0.05) is 54.1 Å². The number of halogens is 1. The zero-order valence-corrected chi connectivity index (χ0v) is 10.8. The van der Waals surface area contributed by atoms with Crippen molar-refractivity contribution in [2.75, 3.05) is 0 Å². The fourth-order valence-corrected chi connectivity index (χ4v) is 2.71. The highest BCUT2D eigenvalue weighted by Crippen LogP contribution is 2.56. The van der Waals surface area contributed by atoms with Crippen LogP contribution < -0.4 is 0 Å². The number of benzene rings is 2. The first-order chi connectivity index (χ1) is 8.72. The Hall–Kier alpha value is -1.31. The van der Waals surface area contributed by atoms with Gasteiger partial charge in [0.25, 0.3) is 0 Å². The fourth-order valence-electron chi connectivity index (χ4n) is 2.59. The van der Waals surface area contributed by atoms with Gasteiger partial charge in [-0.3, -0.25) is 0 Å². The minimum atomic E-state index is -0.447. The molecule has 1 atom stereocenters. The molecule has 0 bridgehead atoms. The Kier molecular flexibility index (Phi) is 2.89. The van der Waals surface area contributed by atoms with E-state index < -0.39 is 6.10 Å². The van der Waals surface area contributed by atoms with E-state index in [0.717, 1.165) is 18.4 Å². The molecule has 1 aliphatic rings. The smallest absolute Gasteiger partial charge is 0.0886 e. The molecule has 1 aliphatic carbocycles. The maximum Gasteiger partial charge on any atom is 0.0886 e. The molecule has 0 saturated heterocycles. The standard InChI is InChI=1S/C16H15ClO/c17-14-8-6-12(7-9-14)15(18)16(10-11-16)13-4-2-1-3-5-13/h1-9,15,18H,10-11H2. The molecular weight excluding hydrogens is 244 g/mol. The summed E-state index contributed by atoms with van der Waals surface area (Å²) in [7, 11) is 0.